The number of nitrogens with zero attached hydrogens (tertiary/aromatic N) is 4. The lowest BCUT2D eigenvalue weighted by Crippen LogP contribution is -2.51. The molecule has 3 aliphatic rings. The van der Waals surface area contributed by atoms with E-state index in [1.807, 2.05) is 29.7 Å². The van der Waals surface area contributed by atoms with E-state index in [2.05, 4.69) is 16.0 Å². The maximum atomic E-state index is 14.9. The summed E-state index contributed by atoms with van der Waals surface area (Å²) in [6.07, 6.45) is 7.28. The third-order valence-electron chi connectivity index (χ3n) is 8.82. The van der Waals surface area contributed by atoms with Gasteiger partial charge in [-0.05, 0) is 68.6 Å². The summed E-state index contributed by atoms with van der Waals surface area (Å²) in [5, 5.41) is 9.15. The van der Waals surface area contributed by atoms with Crippen LogP contribution in [0.15, 0.2) is 48.7 Å². The molecule has 3 aliphatic heterocycles. The predicted octanol–water partition coefficient (Wildman–Crippen LogP) is 4.34. The number of para-hydroxylation sites is 1. The molecule has 12 heteroatoms. The van der Waals surface area contributed by atoms with Crippen molar-refractivity contribution in [3.63, 3.8) is 0 Å². The third kappa shape index (κ3) is 6.11. The number of aromatic nitrogens is 2. The zero-order valence-electron chi connectivity index (χ0n) is 25.1. The molecule has 2 saturated heterocycles. The Morgan fingerprint density at radius 3 is 2.61 bits per heavy atom. The van der Waals surface area contributed by atoms with E-state index in [1.165, 1.54) is 22.7 Å². The smallest absolute Gasteiger partial charge is 0.328 e. The number of halogens is 1. The second kappa shape index (κ2) is 11.6. The van der Waals surface area contributed by atoms with E-state index >= 15 is 0 Å². The van der Waals surface area contributed by atoms with E-state index < -0.39 is 21.8 Å². The van der Waals surface area contributed by atoms with Gasteiger partial charge >= 0.3 is 5.97 Å². The number of imidazole rings is 1. The number of fused-ring (bicyclic) bond motifs is 1. The Morgan fingerprint density at radius 2 is 1.93 bits per heavy atom. The minimum atomic E-state index is -3.22. The van der Waals surface area contributed by atoms with Gasteiger partial charge in [-0.1, -0.05) is 18.2 Å². The van der Waals surface area contributed by atoms with Crippen molar-refractivity contribution in [2.45, 2.75) is 51.5 Å². The minimum Gasteiger partial charge on any atom is -0.478 e. The summed E-state index contributed by atoms with van der Waals surface area (Å²) in [5.41, 5.74) is 2.93. The Bertz CT molecular complexity index is 1710. The number of hydrogen-bond acceptors (Lipinski definition) is 7. The third-order valence-corrected chi connectivity index (χ3v) is 10.1. The van der Waals surface area contributed by atoms with Gasteiger partial charge in [-0.15, -0.1) is 0 Å². The lowest BCUT2D eigenvalue weighted by molar-refractivity contribution is -0.131. The lowest BCUT2D eigenvalue weighted by Gasteiger charge is -2.38. The van der Waals surface area contributed by atoms with Crippen LogP contribution in [0.4, 0.5) is 4.39 Å². The molecule has 0 bridgehead atoms. The van der Waals surface area contributed by atoms with Gasteiger partial charge in [0.2, 0.25) is 10.0 Å². The van der Waals surface area contributed by atoms with Crippen LogP contribution in [0.3, 0.4) is 0 Å². The van der Waals surface area contributed by atoms with Crippen molar-refractivity contribution in [2.24, 2.45) is 5.92 Å². The molecule has 6 rings (SSSR count). The standard InChI is InChI=1S/C32H37FN4O6S/c1-21-7-9-26(27(33)15-21)32(2)42-28-6-4-5-25(31(28)43-32)23-11-13-35(14-12-23)20-29-34-16-24(8-10-30(38)39)37(29)19-22-17-36(18-22)44(3,40)41/h4-10,15-16,22-23H,11-14,17-20H2,1-3H3,(H,38,39)/b10-8+. The summed E-state index contributed by atoms with van der Waals surface area (Å²) in [6.45, 7) is 7.25. The number of benzene rings is 2. The highest BCUT2D eigenvalue weighted by Crippen LogP contribution is 2.49. The molecular formula is C32H37FN4O6S. The van der Waals surface area contributed by atoms with Crippen LogP contribution in [0.25, 0.3) is 6.08 Å². The Kier molecular flexibility index (Phi) is 8.02. The largest absolute Gasteiger partial charge is 0.478 e. The highest BCUT2D eigenvalue weighted by atomic mass is 32.2. The van der Waals surface area contributed by atoms with Crippen molar-refractivity contribution in [1.82, 2.24) is 18.8 Å². The van der Waals surface area contributed by atoms with Gasteiger partial charge in [0.05, 0.1) is 30.3 Å². The molecule has 44 heavy (non-hydrogen) atoms. The van der Waals surface area contributed by atoms with E-state index in [1.54, 1.807) is 19.2 Å². The number of likely N-dealkylation sites (tertiary alicyclic amines) is 1. The van der Waals surface area contributed by atoms with Gasteiger partial charge in [-0.2, -0.15) is 0 Å². The van der Waals surface area contributed by atoms with Crippen molar-refractivity contribution in [1.29, 1.82) is 0 Å². The highest BCUT2D eigenvalue weighted by Gasteiger charge is 2.43. The van der Waals surface area contributed by atoms with Crippen molar-refractivity contribution in [3.05, 3.63) is 82.7 Å². The molecule has 0 spiro atoms. The summed E-state index contributed by atoms with van der Waals surface area (Å²) in [7, 11) is -3.22. The Morgan fingerprint density at radius 1 is 1.18 bits per heavy atom. The van der Waals surface area contributed by atoms with Gasteiger partial charge < -0.3 is 19.1 Å². The van der Waals surface area contributed by atoms with Crippen LogP contribution in [0.2, 0.25) is 0 Å². The van der Waals surface area contributed by atoms with Gasteiger partial charge in [-0.3, -0.25) is 4.90 Å². The maximum absolute atomic E-state index is 14.9. The Labute approximate surface area is 256 Å². The van der Waals surface area contributed by atoms with Crippen LogP contribution < -0.4 is 9.47 Å². The fourth-order valence-electron chi connectivity index (χ4n) is 6.39. The van der Waals surface area contributed by atoms with Crippen LogP contribution >= 0.6 is 0 Å². The number of ether oxygens (including phenoxy) is 2. The first-order valence-corrected chi connectivity index (χ1v) is 16.6. The average molecular weight is 625 g/mol. The van der Waals surface area contributed by atoms with Crippen LogP contribution in [0, 0.1) is 18.7 Å². The maximum Gasteiger partial charge on any atom is 0.328 e. The van der Waals surface area contributed by atoms with E-state index in [-0.39, 0.29) is 17.7 Å². The molecule has 1 atom stereocenters. The number of carboxylic acids is 1. The molecule has 0 saturated carbocycles. The molecule has 10 nitrogen and oxygen atoms in total. The van der Waals surface area contributed by atoms with Crippen LogP contribution in [0.5, 0.6) is 11.5 Å². The molecule has 0 radical (unpaired) electrons. The molecule has 1 N–H and O–H groups in total. The number of aliphatic carboxylic acids is 1. The molecule has 0 aliphatic carbocycles. The number of rotatable bonds is 9. The first kappa shape index (κ1) is 30.3. The number of piperidine rings is 1. The Balaban J connectivity index is 1.13. The average Bonchev–Trinajstić information content (AvgIpc) is 3.48. The molecule has 0 amide bonds. The predicted molar refractivity (Wildman–Crippen MR) is 162 cm³/mol. The fourth-order valence-corrected chi connectivity index (χ4v) is 7.36. The normalized spacial score (nSPS) is 21.6. The number of aryl methyl sites for hydroxylation is 1. The van der Waals surface area contributed by atoms with Gasteiger partial charge in [0.15, 0.2) is 11.5 Å². The molecular weight excluding hydrogens is 587 g/mol. The number of carboxylic acid groups (broad SMARTS) is 1. The van der Waals surface area contributed by atoms with E-state index in [4.69, 9.17) is 14.6 Å². The molecule has 234 valence electrons. The van der Waals surface area contributed by atoms with Crippen LogP contribution in [-0.4, -0.2) is 70.7 Å². The van der Waals surface area contributed by atoms with E-state index in [9.17, 15) is 17.6 Å². The Hall–Kier alpha value is -3.74. The SMILES string of the molecule is Cc1ccc(C2(C)Oc3cccc(C4CCN(Cc5ncc(/C=C/C(=O)O)n5CC5CN(S(C)(=O)=O)C5)CC4)c3O2)c(F)c1. The second-order valence-corrected chi connectivity index (χ2v) is 14.2. The summed E-state index contributed by atoms with van der Waals surface area (Å²) in [5.74, 6) is -0.189. The molecule has 1 aromatic heterocycles. The molecule has 4 heterocycles. The minimum absolute atomic E-state index is 0.127. The van der Waals surface area contributed by atoms with E-state index in [0.29, 0.717) is 48.9 Å². The summed E-state index contributed by atoms with van der Waals surface area (Å²) in [6, 6.07) is 10.9. The molecule has 3 aromatic rings. The molecule has 2 fully saturated rings. The number of hydrogen-bond donors (Lipinski definition) is 1. The topological polar surface area (TPSA) is 114 Å². The summed E-state index contributed by atoms with van der Waals surface area (Å²) >= 11 is 0. The number of sulfonamides is 1. The van der Waals surface area contributed by atoms with Crippen LogP contribution in [0.1, 0.15) is 53.9 Å². The van der Waals surface area contributed by atoms with Crippen molar-refractivity contribution >= 4 is 22.1 Å². The van der Waals surface area contributed by atoms with E-state index in [0.717, 1.165) is 49.0 Å². The van der Waals surface area contributed by atoms with Crippen molar-refractivity contribution < 1.29 is 32.2 Å². The first-order valence-electron chi connectivity index (χ1n) is 14.8. The zero-order chi connectivity index (χ0) is 31.2. The van der Waals surface area contributed by atoms with Gasteiger partial charge in [-0.25, -0.2) is 26.9 Å². The monoisotopic (exact) mass is 624 g/mol. The van der Waals surface area contributed by atoms with Gasteiger partial charge in [0, 0.05) is 44.1 Å². The van der Waals surface area contributed by atoms with Crippen LogP contribution in [-0.2, 0) is 33.7 Å². The van der Waals surface area contributed by atoms with Gasteiger partial charge in [0.25, 0.3) is 5.79 Å². The zero-order valence-corrected chi connectivity index (χ0v) is 25.9. The molecule has 2 aromatic carbocycles. The first-order chi connectivity index (χ1) is 20.9. The highest BCUT2D eigenvalue weighted by molar-refractivity contribution is 7.88. The lowest BCUT2D eigenvalue weighted by atomic mass is 9.88. The summed E-state index contributed by atoms with van der Waals surface area (Å²) < 4.78 is 54.6. The van der Waals surface area contributed by atoms with Crippen molar-refractivity contribution in [2.75, 3.05) is 32.4 Å². The second-order valence-electron chi connectivity index (χ2n) is 12.2. The fraction of sp³-hybridized carbons (Fsp3) is 0.438. The quantitative estimate of drug-likeness (QED) is 0.350. The van der Waals surface area contributed by atoms with Gasteiger partial charge in [0.1, 0.15) is 11.6 Å². The molecule has 1 unspecified atom stereocenters. The van der Waals surface area contributed by atoms with Crippen molar-refractivity contribution in [3.8, 4) is 11.5 Å². The number of carbonyl (C=O) groups is 1. The summed E-state index contributed by atoms with van der Waals surface area (Å²) in [4.78, 5) is 18.1.